The Morgan fingerprint density at radius 3 is 3.00 bits per heavy atom. The molecule has 92 valence electrons. The molecule has 0 aliphatic carbocycles. The molecule has 5 heteroatoms. The molecule has 16 heavy (non-hydrogen) atoms. The first-order valence-corrected chi connectivity index (χ1v) is 6.71. The fraction of sp³-hybridized carbons (Fsp3) is 0.909. The summed E-state index contributed by atoms with van der Waals surface area (Å²) in [6, 6.07) is 0. The fourth-order valence-electron chi connectivity index (χ4n) is 2.46. The molecule has 0 saturated carbocycles. The van der Waals surface area contributed by atoms with Gasteiger partial charge in [0.15, 0.2) is 0 Å². The molecule has 0 amide bonds. The molecule has 1 N–H and O–H groups in total. The van der Waals surface area contributed by atoms with Crippen LogP contribution in [0, 0.1) is 0 Å². The molecule has 2 aliphatic heterocycles. The zero-order valence-electron chi connectivity index (χ0n) is 9.37. The number of carboxylic acids is 1. The minimum absolute atomic E-state index is 0.0400. The Labute approximate surface area is 103 Å². The van der Waals surface area contributed by atoms with E-state index in [0.717, 1.165) is 18.2 Å². The van der Waals surface area contributed by atoms with Crippen LogP contribution in [0.25, 0.3) is 0 Å². The Morgan fingerprint density at radius 1 is 1.62 bits per heavy atom. The molecule has 2 aliphatic rings. The summed E-state index contributed by atoms with van der Waals surface area (Å²) in [4.78, 5) is 10.6. The van der Waals surface area contributed by atoms with E-state index in [1.165, 1.54) is 0 Å². The van der Waals surface area contributed by atoms with Gasteiger partial charge in [-0.2, -0.15) is 0 Å². The molecule has 2 heterocycles. The van der Waals surface area contributed by atoms with Gasteiger partial charge < -0.3 is 14.6 Å². The molecule has 2 rings (SSSR count). The van der Waals surface area contributed by atoms with Crippen LogP contribution in [0.3, 0.4) is 0 Å². The second-order valence-electron chi connectivity index (χ2n) is 4.96. The van der Waals surface area contributed by atoms with E-state index >= 15 is 0 Å². The van der Waals surface area contributed by atoms with Gasteiger partial charge in [-0.25, -0.2) is 0 Å². The Morgan fingerprint density at radius 2 is 2.38 bits per heavy atom. The molecule has 2 fully saturated rings. The first-order valence-electron chi connectivity index (χ1n) is 5.59. The molecule has 3 atom stereocenters. The highest BCUT2D eigenvalue weighted by Crippen LogP contribution is 2.45. The SMILES string of the molecule is CC1(CCC(=O)O)OCC2(CBr)CCC1O2. The monoisotopic (exact) mass is 292 g/mol. The molecular weight excluding hydrogens is 276 g/mol. The van der Waals surface area contributed by atoms with Crippen LogP contribution in [0.15, 0.2) is 0 Å². The summed E-state index contributed by atoms with van der Waals surface area (Å²) >= 11 is 3.46. The average molecular weight is 293 g/mol. The summed E-state index contributed by atoms with van der Waals surface area (Å²) < 4.78 is 11.9. The number of hydrogen-bond acceptors (Lipinski definition) is 3. The number of alkyl halides is 1. The second-order valence-corrected chi connectivity index (χ2v) is 5.52. The number of fused-ring (bicyclic) bond motifs is 2. The normalized spacial score (nSPS) is 42.2. The number of carbonyl (C=O) groups is 1. The average Bonchev–Trinajstić information content (AvgIpc) is 2.64. The minimum atomic E-state index is -0.778. The standard InChI is InChI=1S/C11H17BrO4/c1-10(4-3-9(13)14)8-2-5-11(6-12,16-8)7-15-10/h8H,2-7H2,1H3,(H,13,14). The van der Waals surface area contributed by atoms with Crippen molar-refractivity contribution in [2.24, 2.45) is 0 Å². The zero-order valence-corrected chi connectivity index (χ0v) is 11.0. The van der Waals surface area contributed by atoms with Crippen molar-refractivity contribution in [3.05, 3.63) is 0 Å². The van der Waals surface area contributed by atoms with E-state index in [1.54, 1.807) is 0 Å². The fourth-order valence-corrected chi connectivity index (χ4v) is 3.04. The summed E-state index contributed by atoms with van der Waals surface area (Å²) in [5.74, 6) is -0.778. The first-order chi connectivity index (χ1) is 7.50. The van der Waals surface area contributed by atoms with Crippen molar-refractivity contribution < 1.29 is 19.4 Å². The van der Waals surface area contributed by atoms with Crippen LogP contribution in [0.5, 0.6) is 0 Å². The summed E-state index contributed by atoms with van der Waals surface area (Å²) in [6.07, 6.45) is 2.65. The Balaban J connectivity index is 2.01. The number of ether oxygens (including phenoxy) is 2. The lowest BCUT2D eigenvalue weighted by molar-refractivity contribution is -0.233. The van der Waals surface area contributed by atoms with E-state index in [0.29, 0.717) is 13.0 Å². The number of carboxylic acid groups (broad SMARTS) is 1. The van der Waals surface area contributed by atoms with Crippen LogP contribution in [0.4, 0.5) is 0 Å². The third kappa shape index (κ3) is 2.13. The maximum Gasteiger partial charge on any atom is 0.303 e. The van der Waals surface area contributed by atoms with Crippen LogP contribution < -0.4 is 0 Å². The van der Waals surface area contributed by atoms with Crippen molar-refractivity contribution in [1.82, 2.24) is 0 Å². The van der Waals surface area contributed by atoms with Crippen molar-refractivity contribution in [2.45, 2.75) is 49.9 Å². The lowest BCUT2D eigenvalue weighted by Gasteiger charge is -2.43. The molecule has 0 aromatic carbocycles. The molecular formula is C11H17BrO4. The Hall–Kier alpha value is -0.130. The lowest BCUT2D eigenvalue weighted by Crippen LogP contribution is -2.53. The molecule has 0 radical (unpaired) electrons. The minimum Gasteiger partial charge on any atom is -0.481 e. The van der Waals surface area contributed by atoms with E-state index in [1.807, 2.05) is 6.92 Å². The van der Waals surface area contributed by atoms with Gasteiger partial charge in [0.05, 0.1) is 18.3 Å². The third-order valence-corrected chi connectivity index (χ3v) is 4.70. The van der Waals surface area contributed by atoms with Gasteiger partial charge in [0.1, 0.15) is 5.60 Å². The molecule has 2 bridgehead atoms. The van der Waals surface area contributed by atoms with Crippen molar-refractivity contribution in [1.29, 1.82) is 0 Å². The van der Waals surface area contributed by atoms with Crippen molar-refractivity contribution >= 4 is 21.9 Å². The van der Waals surface area contributed by atoms with Crippen LogP contribution in [0.1, 0.15) is 32.6 Å². The van der Waals surface area contributed by atoms with Gasteiger partial charge in [-0.1, -0.05) is 15.9 Å². The number of rotatable bonds is 4. The van der Waals surface area contributed by atoms with Gasteiger partial charge >= 0.3 is 5.97 Å². The summed E-state index contributed by atoms with van der Waals surface area (Å²) in [7, 11) is 0. The highest BCUT2D eigenvalue weighted by Gasteiger charge is 2.53. The highest BCUT2D eigenvalue weighted by atomic mass is 79.9. The van der Waals surface area contributed by atoms with E-state index < -0.39 is 11.6 Å². The zero-order chi connectivity index (χ0) is 11.8. The predicted molar refractivity (Wildman–Crippen MR) is 61.9 cm³/mol. The molecule has 0 aromatic heterocycles. The van der Waals surface area contributed by atoms with Gasteiger partial charge in [-0.15, -0.1) is 0 Å². The molecule has 2 saturated heterocycles. The van der Waals surface area contributed by atoms with Crippen LogP contribution in [-0.2, 0) is 14.3 Å². The molecule has 0 spiro atoms. The van der Waals surface area contributed by atoms with E-state index in [2.05, 4.69) is 15.9 Å². The van der Waals surface area contributed by atoms with E-state index in [-0.39, 0.29) is 18.1 Å². The van der Waals surface area contributed by atoms with Crippen LogP contribution >= 0.6 is 15.9 Å². The van der Waals surface area contributed by atoms with E-state index in [4.69, 9.17) is 14.6 Å². The van der Waals surface area contributed by atoms with Crippen molar-refractivity contribution in [3.63, 3.8) is 0 Å². The van der Waals surface area contributed by atoms with E-state index in [9.17, 15) is 4.79 Å². The predicted octanol–water partition coefficient (Wildman–Crippen LogP) is 1.95. The van der Waals surface area contributed by atoms with Crippen molar-refractivity contribution in [3.8, 4) is 0 Å². The van der Waals surface area contributed by atoms with Crippen LogP contribution in [-0.4, -0.2) is 40.3 Å². The van der Waals surface area contributed by atoms with Gasteiger partial charge in [-0.3, -0.25) is 4.79 Å². The quantitative estimate of drug-likeness (QED) is 0.805. The van der Waals surface area contributed by atoms with Gasteiger partial charge in [0.2, 0.25) is 0 Å². The third-order valence-electron chi connectivity index (χ3n) is 3.68. The first kappa shape index (κ1) is 12.3. The highest BCUT2D eigenvalue weighted by molar-refractivity contribution is 9.09. The maximum absolute atomic E-state index is 10.6. The molecule has 3 unspecified atom stereocenters. The largest absolute Gasteiger partial charge is 0.481 e. The van der Waals surface area contributed by atoms with Crippen LogP contribution in [0.2, 0.25) is 0 Å². The smallest absolute Gasteiger partial charge is 0.303 e. The van der Waals surface area contributed by atoms with Gasteiger partial charge in [0.25, 0.3) is 0 Å². The van der Waals surface area contributed by atoms with Gasteiger partial charge in [-0.05, 0) is 26.2 Å². The summed E-state index contributed by atoms with van der Waals surface area (Å²) in [5, 5.41) is 9.50. The maximum atomic E-state index is 10.6. The molecule has 0 aromatic rings. The summed E-state index contributed by atoms with van der Waals surface area (Å²) in [5.41, 5.74) is -0.603. The number of hydrogen-bond donors (Lipinski definition) is 1. The topological polar surface area (TPSA) is 55.8 Å². The molecule has 4 nitrogen and oxygen atoms in total. The number of halogens is 1. The summed E-state index contributed by atoms with van der Waals surface area (Å²) in [6.45, 7) is 2.52. The second kappa shape index (κ2) is 4.27. The lowest BCUT2D eigenvalue weighted by atomic mass is 9.91. The Kier molecular flexibility index (Phi) is 3.29. The Bertz CT molecular complexity index is 296. The number of aliphatic carboxylic acids is 1. The van der Waals surface area contributed by atoms with Gasteiger partial charge in [0, 0.05) is 11.8 Å². The van der Waals surface area contributed by atoms with Crippen molar-refractivity contribution in [2.75, 3.05) is 11.9 Å².